The number of fused-ring (bicyclic) bond motifs is 2. The fraction of sp³-hybridized carbons (Fsp3) is 0. The number of benzene rings is 2. The van der Waals surface area contributed by atoms with Gasteiger partial charge >= 0.3 is 5.97 Å². The van der Waals surface area contributed by atoms with Crippen LogP contribution in [0.2, 0.25) is 5.02 Å². The highest BCUT2D eigenvalue weighted by Gasteiger charge is 2.17. The zero-order valence-corrected chi connectivity index (χ0v) is 12.8. The lowest BCUT2D eigenvalue weighted by Gasteiger charge is -2.05. The number of carboxylic acids is 1. The van der Waals surface area contributed by atoms with Crippen molar-refractivity contribution in [1.82, 2.24) is 4.98 Å². The van der Waals surface area contributed by atoms with Crippen molar-refractivity contribution in [2.75, 3.05) is 0 Å². The van der Waals surface area contributed by atoms with Crippen LogP contribution >= 0.6 is 11.6 Å². The van der Waals surface area contributed by atoms with Crippen molar-refractivity contribution < 1.29 is 18.7 Å². The summed E-state index contributed by atoms with van der Waals surface area (Å²) in [6, 6.07) is 12.4. The fourth-order valence-electron chi connectivity index (χ4n) is 2.66. The van der Waals surface area contributed by atoms with Crippen molar-refractivity contribution in [3.05, 3.63) is 64.9 Å². The molecule has 0 atom stereocenters. The number of aromatic carboxylic acids is 1. The van der Waals surface area contributed by atoms with Gasteiger partial charge in [0.2, 0.25) is 0 Å². The zero-order chi connectivity index (χ0) is 16.8. The van der Waals surface area contributed by atoms with Gasteiger partial charge in [-0.2, -0.15) is 0 Å². The second-order valence-corrected chi connectivity index (χ2v) is 5.73. The molecule has 4 nitrogen and oxygen atoms in total. The van der Waals surface area contributed by atoms with E-state index in [0.29, 0.717) is 16.4 Å². The van der Waals surface area contributed by atoms with Crippen molar-refractivity contribution in [3.8, 4) is 11.5 Å². The number of furan rings is 1. The van der Waals surface area contributed by atoms with Crippen molar-refractivity contribution in [1.29, 1.82) is 0 Å². The Morgan fingerprint density at radius 3 is 2.79 bits per heavy atom. The lowest BCUT2D eigenvalue weighted by Crippen LogP contribution is -2.01. The Labute approximate surface area is 140 Å². The first-order chi connectivity index (χ1) is 11.5. The molecule has 4 rings (SSSR count). The Hall–Kier alpha value is -2.92. The van der Waals surface area contributed by atoms with Crippen LogP contribution in [0.1, 0.15) is 10.4 Å². The number of nitrogens with zero attached hydrogens (tertiary/aromatic N) is 1. The summed E-state index contributed by atoms with van der Waals surface area (Å²) in [5, 5.41) is 11.0. The molecule has 2 heterocycles. The molecule has 118 valence electrons. The molecule has 0 aliphatic carbocycles. The molecule has 0 spiro atoms. The Kier molecular flexibility index (Phi) is 3.25. The maximum absolute atomic E-state index is 14.1. The van der Waals surface area contributed by atoms with Gasteiger partial charge in [0.1, 0.15) is 22.6 Å². The number of carboxylic acid groups (broad SMARTS) is 1. The molecule has 0 saturated heterocycles. The topological polar surface area (TPSA) is 63.3 Å². The van der Waals surface area contributed by atoms with E-state index in [-0.39, 0.29) is 22.2 Å². The van der Waals surface area contributed by atoms with Crippen LogP contribution in [0.4, 0.5) is 4.39 Å². The van der Waals surface area contributed by atoms with Crippen LogP contribution in [0, 0.1) is 5.82 Å². The number of halogens is 2. The van der Waals surface area contributed by atoms with E-state index in [4.69, 9.17) is 16.0 Å². The Morgan fingerprint density at radius 1 is 1.17 bits per heavy atom. The van der Waals surface area contributed by atoms with Gasteiger partial charge in [0.05, 0.1) is 5.56 Å². The molecule has 2 aromatic heterocycles. The largest absolute Gasteiger partial charge is 0.478 e. The van der Waals surface area contributed by atoms with E-state index in [2.05, 4.69) is 4.98 Å². The molecule has 0 saturated carbocycles. The molecule has 0 aliphatic heterocycles. The van der Waals surface area contributed by atoms with Crippen LogP contribution in [0.5, 0.6) is 0 Å². The van der Waals surface area contributed by atoms with E-state index in [0.717, 1.165) is 5.39 Å². The molecule has 4 aromatic rings. The summed E-state index contributed by atoms with van der Waals surface area (Å²) in [5.74, 6) is -1.40. The van der Waals surface area contributed by atoms with E-state index in [1.54, 1.807) is 24.3 Å². The lowest BCUT2D eigenvalue weighted by molar-refractivity contribution is 0.0699. The summed E-state index contributed by atoms with van der Waals surface area (Å²) in [5.41, 5.74) is 0.790. The summed E-state index contributed by atoms with van der Waals surface area (Å²) >= 11 is 5.96. The first-order valence-electron chi connectivity index (χ1n) is 7.05. The van der Waals surface area contributed by atoms with Gasteiger partial charge in [-0.05, 0) is 36.4 Å². The lowest BCUT2D eigenvalue weighted by atomic mass is 10.1. The van der Waals surface area contributed by atoms with E-state index >= 15 is 0 Å². The standard InChI is InChI=1S/C18H9ClFNO3/c19-10-4-5-15-9(6-10)7-16(24-15)14-8-12(18(22)23)11-2-1-3-13(20)17(11)21-14/h1-8H,(H,22,23). The third-order valence-corrected chi connectivity index (χ3v) is 3.99. The smallest absolute Gasteiger partial charge is 0.336 e. The highest BCUT2D eigenvalue weighted by atomic mass is 35.5. The quantitative estimate of drug-likeness (QED) is 0.548. The van der Waals surface area contributed by atoms with Gasteiger partial charge in [-0.3, -0.25) is 0 Å². The van der Waals surface area contributed by atoms with Gasteiger partial charge in [-0.25, -0.2) is 14.2 Å². The number of rotatable bonds is 2. The SMILES string of the molecule is O=C(O)c1cc(-c2cc3cc(Cl)ccc3o2)nc2c(F)cccc12. The van der Waals surface area contributed by atoms with E-state index in [1.807, 2.05) is 0 Å². The number of aromatic nitrogens is 1. The monoisotopic (exact) mass is 341 g/mol. The van der Waals surface area contributed by atoms with Gasteiger partial charge < -0.3 is 9.52 Å². The van der Waals surface area contributed by atoms with Crippen LogP contribution < -0.4 is 0 Å². The molecule has 6 heteroatoms. The first-order valence-corrected chi connectivity index (χ1v) is 7.43. The van der Waals surface area contributed by atoms with Gasteiger partial charge in [0.25, 0.3) is 0 Å². The fourth-order valence-corrected chi connectivity index (χ4v) is 2.84. The summed E-state index contributed by atoms with van der Waals surface area (Å²) in [6.45, 7) is 0. The van der Waals surface area contributed by atoms with Crippen molar-refractivity contribution >= 4 is 39.4 Å². The van der Waals surface area contributed by atoms with Crippen molar-refractivity contribution in [3.63, 3.8) is 0 Å². The molecule has 0 amide bonds. The predicted octanol–water partition coefficient (Wildman–Crippen LogP) is 5.14. The van der Waals surface area contributed by atoms with Crippen LogP contribution in [0.25, 0.3) is 33.3 Å². The maximum Gasteiger partial charge on any atom is 0.336 e. The van der Waals surface area contributed by atoms with Crippen molar-refractivity contribution in [2.24, 2.45) is 0 Å². The van der Waals surface area contributed by atoms with Gasteiger partial charge in [-0.15, -0.1) is 0 Å². The third kappa shape index (κ3) is 2.30. The molecule has 2 aromatic carbocycles. The number of hydrogen-bond donors (Lipinski definition) is 1. The molecular formula is C18H9ClFNO3. The van der Waals surface area contributed by atoms with Gasteiger partial charge in [-0.1, -0.05) is 23.7 Å². The van der Waals surface area contributed by atoms with Crippen LogP contribution in [-0.4, -0.2) is 16.1 Å². The predicted molar refractivity (Wildman–Crippen MR) is 88.9 cm³/mol. The van der Waals surface area contributed by atoms with E-state index < -0.39 is 11.8 Å². The molecule has 0 bridgehead atoms. The second kappa shape index (κ2) is 5.32. The highest BCUT2D eigenvalue weighted by molar-refractivity contribution is 6.31. The molecule has 0 fully saturated rings. The average molecular weight is 342 g/mol. The number of hydrogen-bond acceptors (Lipinski definition) is 3. The second-order valence-electron chi connectivity index (χ2n) is 5.29. The Bertz CT molecular complexity index is 1120. The van der Waals surface area contributed by atoms with Crippen molar-refractivity contribution in [2.45, 2.75) is 0 Å². The highest BCUT2D eigenvalue weighted by Crippen LogP contribution is 2.31. The molecule has 0 aliphatic rings. The first kappa shape index (κ1) is 14.7. The van der Waals surface area contributed by atoms with Gasteiger partial charge in [0, 0.05) is 15.8 Å². The van der Waals surface area contributed by atoms with E-state index in [9.17, 15) is 14.3 Å². The minimum atomic E-state index is -1.16. The minimum absolute atomic E-state index is 0.00844. The maximum atomic E-state index is 14.1. The third-order valence-electron chi connectivity index (χ3n) is 3.75. The molecule has 24 heavy (non-hydrogen) atoms. The number of carbonyl (C=O) groups is 1. The summed E-state index contributed by atoms with van der Waals surface area (Å²) in [7, 11) is 0. The number of para-hydroxylation sites is 1. The molecule has 1 N–H and O–H groups in total. The molecule has 0 radical (unpaired) electrons. The average Bonchev–Trinajstić information content (AvgIpc) is 2.97. The summed E-state index contributed by atoms with van der Waals surface area (Å²) in [6.07, 6.45) is 0. The Morgan fingerprint density at radius 2 is 2.00 bits per heavy atom. The van der Waals surface area contributed by atoms with Crippen LogP contribution in [0.3, 0.4) is 0 Å². The summed E-state index contributed by atoms with van der Waals surface area (Å²) < 4.78 is 19.8. The molecule has 0 unspecified atom stereocenters. The van der Waals surface area contributed by atoms with Gasteiger partial charge in [0.15, 0.2) is 5.76 Å². The zero-order valence-electron chi connectivity index (χ0n) is 12.1. The minimum Gasteiger partial charge on any atom is -0.478 e. The number of pyridine rings is 1. The van der Waals surface area contributed by atoms with Crippen LogP contribution in [0.15, 0.2) is 52.9 Å². The summed E-state index contributed by atoms with van der Waals surface area (Å²) in [4.78, 5) is 15.8. The normalized spacial score (nSPS) is 11.2. The molecular weight excluding hydrogens is 333 g/mol. The Balaban J connectivity index is 2.01. The van der Waals surface area contributed by atoms with E-state index in [1.165, 1.54) is 24.3 Å². The van der Waals surface area contributed by atoms with Crippen LogP contribution in [-0.2, 0) is 0 Å².